The van der Waals surface area contributed by atoms with Crippen molar-refractivity contribution >= 4 is 16.8 Å². The minimum atomic E-state index is -0.337. The first-order valence-corrected chi connectivity index (χ1v) is 8.59. The molecule has 5 nitrogen and oxygen atoms in total. The third-order valence-electron chi connectivity index (χ3n) is 4.94. The maximum atomic E-state index is 13.9. The molecule has 0 radical (unpaired) electrons. The minimum Gasteiger partial charge on any atom is -0.348 e. The number of carbonyl (C=O) groups excluding carboxylic acids is 1. The normalized spacial score (nSPS) is 18.0. The molecular formula is C19H21FN4O. The van der Waals surface area contributed by atoms with E-state index >= 15 is 0 Å². The molecule has 1 N–H and O–H groups in total. The second kappa shape index (κ2) is 6.02. The van der Waals surface area contributed by atoms with E-state index in [0.29, 0.717) is 17.8 Å². The zero-order chi connectivity index (χ0) is 17.6. The second-order valence-corrected chi connectivity index (χ2v) is 6.83. The van der Waals surface area contributed by atoms with Gasteiger partial charge in [0.2, 0.25) is 0 Å². The molecule has 0 saturated carbocycles. The molecule has 1 saturated heterocycles. The smallest absolute Gasteiger partial charge is 0.270 e. The Balaban J connectivity index is 1.58. The van der Waals surface area contributed by atoms with E-state index in [4.69, 9.17) is 0 Å². The first-order chi connectivity index (χ1) is 12.0. The number of likely N-dealkylation sites (tertiary alicyclic amines) is 1. The van der Waals surface area contributed by atoms with E-state index in [1.165, 1.54) is 6.07 Å². The highest BCUT2D eigenvalue weighted by Crippen LogP contribution is 2.27. The van der Waals surface area contributed by atoms with Gasteiger partial charge in [-0.15, -0.1) is 0 Å². The van der Waals surface area contributed by atoms with Crippen molar-refractivity contribution in [3.8, 4) is 0 Å². The molecule has 1 amide bonds. The molecule has 3 aromatic rings. The van der Waals surface area contributed by atoms with Crippen LogP contribution in [0.25, 0.3) is 10.9 Å². The average molecular weight is 340 g/mol. The van der Waals surface area contributed by atoms with Crippen LogP contribution < -0.4 is 0 Å². The zero-order valence-corrected chi connectivity index (χ0v) is 14.4. The van der Waals surface area contributed by atoms with Gasteiger partial charge in [-0.1, -0.05) is 12.1 Å². The average Bonchev–Trinajstić information content (AvgIpc) is 3.18. The van der Waals surface area contributed by atoms with Crippen molar-refractivity contribution in [2.24, 2.45) is 7.05 Å². The SMILES string of the molecule is Cc1cn(C)c([C@H]2CCCN(C(=O)c3cc4cccc(F)c4[nH]3)C2)n1. The Morgan fingerprint density at radius 3 is 2.96 bits per heavy atom. The van der Waals surface area contributed by atoms with Gasteiger partial charge >= 0.3 is 0 Å². The van der Waals surface area contributed by atoms with Crippen molar-refractivity contribution in [1.29, 1.82) is 0 Å². The van der Waals surface area contributed by atoms with Gasteiger partial charge in [0, 0.05) is 37.6 Å². The molecule has 2 aromatic heterocycles. The van der Waals surface area contributed by atoms with Gasteiger partial charge in [0.25, 0.3) is 5.91 Å². The molecular weight excluding hydrogens is 319 g/mol. The van der Waals surface area contributed by atoms with Crippen LogP contribution in [0.2, 0.25) is 0 Å². The number of hydrogen-bond acceptors (Lipinski definition) is 2. The van der Waals surface area contributed by atoms with E-state index in [0.717, 1.165) is 36.3 Å². The van der Waals surface area contributed by atoms with E-state index in [2.05, 4.69) is 9.97 Å². The van der Waals surface area contributed by atoms with Gasteiger partial charge in [0.1, 0.15) is 17.3 Å². The Bertz CT molecular complexity index is 942. The summed E-state index contributed by atoms with van der Waals surface area (Å²) in [5.41, 5.74) is 1.82. The van der Waals surface area contributed by atoms with Gasteiger partial charge in [0.05, 0.1) is 11.2 Å². The van der Waals surface area contributed by atoms with E-state index in [9.17, 15) is 9.18 Å². The number of halogens is 1. The zero-order valence-electron chi connectivity index (χ0n) is 14.4. The van der Waals surface area contributed by atoms with Crippen molar-refractivity contribution in [3.63, 3.8) is 0 Å². The topological polar surface area (TPSA) is 53.9 Å². The number of carbonyl (C=O) groups is 1. The fourth-order valence-corrected chi connectivity index (χ4v) is 3.79. The predicted octanol–water partition coefficient (Wildman–Crippen LogP) is 3.37. The third-order valence-corrected chi connectivity index (χ3v) is 4.94. The molecule has 25 heavy (non-hydrogen) atoms. The largest absolute Gasteiger partial charge is 0.348 e. The van der Waals surface area contributed by atoms with Crippen LogP contribution >= 0.6 is 0 Å². The highest BCUT2D eigenvalue weighted by molar-refractivity contribution is 5.98. The number of fused-ring (bicyclic) bond motifs is 1. The maximum absolute atomic E-state index is 13.9. The number of benzene rings is 1. The Morgan fingerprint density at radius 1 is 1.40 bits per heavy atom. The predicted molar refractivity (Wildman–Crippen MR) is 94.1 cm³/mol. The van der Waals surface area contributed by atoms with Crippen molar-refractivity contribution < 1.29 is 9.18 Å². The molecule has 0 spiro atoms. The monoisotopic (exact) mass is 340 g/mol. The molecule has 6 heteroatoms. The molecule has 1 aliphatic rings. The standard InChI is InChI=1S/C19H21FN4O/c1-12-10-23(2)18(21-12)14-6-4-8-24(11-14)19(25)16-9-13-5-3-7-15(20)17(13)22-16/h3,5,7,9-10,14,22H,4,6,8,11H2,1-2H3/t14-/m0/s1. The van der Waals surface area contributed by atoms with Crippen LogP contribution in [0.15, 0.2) is 30.5 Å². The lowest BCUT2D eigenvalue weighted by Crippen LogP contribution is -2.39. The van der Waals surface area contributed by atoms with Crippen LogP contribution in [0, 0.1) is 12.7 Å². The van der Waals surface area contributed by atoms with Crippen LogP contribution in [0.4, 0.5) is 4.39 Å². The highest BCUT2D eigenvalue weighted by Gasteiger charge is 2.28. The first kappa shape index (κ1) is 15.9. The molecule has 1 aliphatic heterocycles. The number of rotatable bonds is 2. The minimum absolute atomic E-state index is 0.0776. The summed E-state index contributed by atoms with van der Waals surface area (Å²) >= 11 is 0. The second-order valence-electron chi connectivity index (χ2n) is 6.83. The van der Waals surface area contributed by atoms with Crippen LogP contribution in [-0.2, 0) is 7.05 Å². The van der Waals surface area contributed by atoms with Crippen LogP contribution in [0.3, 0.4) is 0 Å². The van der Waals surface area contributed by atoms with Gasteiger partial charge in [-0.05, 0) is 31.9 Å². The third kappa shape index (κ3) is 2.81. The molecule has 1 fully saturated rings. The summed E-state index contributed by atoms with van der Waals surface area (Å²) in [5.74, 6) is 0.845. The lowest BCUT2D eigenvalue weighted by molar-refractivity contribution is 0.0698. The molecule has 130 valence electrons. The summed E-state index contributed by atoms with van der Waals surface area (Å²) in [5, 5.41) is 0.719. The summed E-state index contributed by atoms with van der Waals surface area (Å²) in [6.07, 6.45) is 3.98. The number of aromatic amines is 1. The van der Waals surface area contributed by atoms with Gasteiger partial charge < -0.3 is 14.5 Å². The molecule has 0 unspecified atom stereocenters. The van der Waals surface area contributed by atoms with Gasteiger partial charge in [-0.3, -0.25) is 4.79 Å². The summed E-state index contributed by atoms with van der Waals surface area (Å²) in [7, 11) is 2.00. The Hall–Kier alpha value is -2.63. The molecule has 0 aliphatic carbocycles. The summed E-state index contributed by atoms with van der Waals surface area (Å²) in [6, 6.07) is 6.59. The Morgan fingerprint density at radius 2 is 2.24 bits per heavy atom. The number of imidazole rings is 1. The van der Waals surface area contributed by atoms with E-state index in [-0.39, 0.29) is 17.6 Å². The fraction of sp³-hybridized carbons (Fsp3) is 0.368. The highest BCUT2D eigenvalue weighted by atomic mass is 19.1. The van der Waals surface area contributed by atoms with E-state index in [1.807, 2.05) is 29.6 Å². The van der Waals surface area contributed by atoms with E-state index in [1.54, 1.807) is 18.2 Å². The first-order valence-electron chi connectivity index (χ1n) is 8.59. The Labute approximate surface area is 145 Å². The van der Waals surface area contributed by atoms with Crippen molar-refractivity contribution in [2.75, 3.05) is 13.1 Å². The number of nitrogens with one attached hydrogen (secondary N) is 1. The number of nitrogens with zero attached hydrogens (tertiary/aromatic N) is 3. The number of hydrogen-bond donors (Lipinski definition) is 1. The molecule has 1 aromatic carbocycles. The maximum Gasteiger partial charge on any atom is 0.270 e. The Kier molecular flexibility index (Phi) is 3.82. The van der Waals surface area contributed by atoms with Gasteiger partial charge in [-0.2, -0.15) is 0 Å². The summed E-state index contributed by atoms with van der Waals surface area (Å²) in [6.45, 7) is 3.34. The van der Waals surface area contributed by atoms with Gasteiger partial charge in [-0.25, -0.2) is 9.37 Å². The number of H-pyrrole nitrogens is 1. The quantitative estimate of drug-likeness (QED) is 0.778. The summed E-state index contributed by atoms with van der Waals surface area (Å²) in [4.78, 5) is 22.3. The molecule has 0 bridgehead atoms. The van der Waals surface area contributed by atoms with Crippen molar-refractivity contribution in [1.82, 2.24) is 19.4 Å². The number of amides is 1. The van der Waals surface area contributed by atoms with Crippen LogP contribution in [-0.4, -0.2) is 38.4 Å². The molecule has 4 rings (SSSR count). The van der Waals surface area contributed by atoms with Gasteiger partial charge in [0.15, 0.2) is 0 Å². The van der Waals surface area contributed by atoms with Crippen molar-refractivity contribution in [2.45, 2.75) is 25.7 Å². The summed E-state index contributed by atoms with van der Waals surface area (Å²) < 4.78 is 15.9. The van der Waals surface area contributed by atoms with Crippen molar-refractivity contribution in [3.05, 3.63) is 53.5 Å². The van der Waals surface area contributed by atoms with E-state index < -0.39 is 0 Å². The fourth-order valence-electron chi connectivity index (χ4n) is 3.79. The molecule has 1 atom stereocenters. The number of piperidine rings is 1. The van der Waals surface area contributed by atoms with Crippen LogP contribution in [0.5, 0.6) is 0 Å². The number of aryl methyl sites for hydroxylation is 2. The van der Waals surface area contributed by atoms with Crippen LogP contribution in [0.1, 0.15) is 40.8 Å². The molecule has 3 heterocycles. The number of para-hydroxylation sites is 1. The lowest BCUT2D eigenvalue weighted by atomic mass is 9.97. The number of aromatic nitrogens is 3. The lowest BCUT2D eigenvalue weighted by Gasteiger charge is -2.32.